The number of ketones is 1. The van der Waals surface area contributed by atoms with E-state index in [0.29, 0.717) is 11.4 Å². The van der Waals surface area contributed by atoms with E-state index in [0.717, 1.165) is 11.3 Å². The van der Waals surface area contributed by atoms with E-state index in [2.05, 4.69) is 0 Å². The Morgan fingerprint density at radius 3 is 2.32 bits per heavy atom. The van der Waals surface area contributed by atoms with Crippen molar-refractivity contribution >= 4 is 34.9 Å². The number of esters is 1. The molecule has 0 N–H and O–H groups in total. The van der Waals surface area contributed by atoms with E-state index >= 15 is 0 Å². The lowest BCUT2D eigenvalue weighted by Crippen LogP contribution is -2.32. The number of alkyl halides is 1. The van der Waals surface area contributed by atoms with Crippen LogP contribution in [0.1, 0.15) is 34.3 Å². The number of rotatable bonds is 9. The minimum absolute atomic E-state index is 0.0297. The second-order valence-corrected chi connectivity index (χ2v) is 9.40. The monoisotopic (exact) mass is 523 g/mol. The number of hydrogen-bond donors (Lipinski definition) is 0. The summed E-state index contributed by atoms with van der Waals surface area (Å²) < 4.78 is 24.6. The fourth-order valence-electron chi connectivity index (χ4n) is 4.10. The van der Waals surface area contributed by atoms with E-state index in [4.69, 9.17) is 21.1 Å². The van der Waals surface area contributed by atoms with Crippen LogP contribution in [0.5, 0.6) is 11.5 Å². The summed E-state index contributed by atoms with van der Waals surface area (Å²) in [6.45, 7) is 4.18. The first kappa shape index (κ1) is 26.4. The third-order valence-corrected chi connectivity index (χ3v) is 6.59. The molecule has 37 heavy (non-hydrogen) atoms. The van der Waals surface area contributed by atoms with Crippen LogP contribution in [0.25, 0.3) is 0 Å². The number of halogens is 2. The van der Waals surface area contributed by atoms with Gasteiger partial charge in [0.2, 0.25) is 11.7 Å². The van der Waals surface area contributed by atoms with Crippen LogP contribution in [-0.2, 0) is 14.3 Å². The highest BCUT2D eigenvalue weighted by atomic mass is 35.5. The van der Waals surface area contributed by atoms with Gasteiger partial charge in [-0.15, -0.1) is 11.6 Å². The zero-order valence-electron chi connectivity index (χ0n) is 20.6. The summed E-state index contributed by atoms with van der Waals surface area (Å²) in [5.41, 5.74) is 3.16. The second kappa shape index (κ2) is 11.6. The molecule has 2 atom stereocenters. The molecule has 1 amide bonds. The number of carbonyl (C=O) groups excluding carboxylic acids is 3. The molecule has 4 rings (SSSR count). The van der Waals surface area contributed by atoms with Gasteiger partial charge in [-0.05, 0) is 85.6 Å². The van der Waals surface area contributed by atoms with Crippen LogP contribution >= 0.6 is 11.6 Å². The molecule has 0 aliphatic carbocycles. The molecule has 192 valence electrons. The molecule has 0 bridgehead atoms. The molecular formula is C29H27ClFNO5. The molecule has 3 aromatic carbocycles. The summed E-state index contributed by atoms with van der Waals surface area (Å²) in [5, 5.41) is 0. The predicted octanol–water partition coefficient (Wildman–Crippen LogP) is 6.01. The van der Waals surface area contributed by atoms with Crippen LogP contribution in [-0.4, -0.2) is 36.2 Å². The van der Waals surface area contributed by atoms with Gasteiger partial charge < -0.3 is 14.4 Å². The van der Waals surface area contributed by atoms with Gasteiger partial charge in [0.1, 0.15) is 17.3 Å². The van der Waals surface area contributed by atoms with Crippen molar-refractivity contribution in [1.82, 2.24) is 0 Å². The van der Waals surface area contributed by atoms with Gasteiger partial charge in [-0.2, -0.15) is 0 Å². The van der Waals surface area contributed by atoms with Crippen molar-refractivity contribution in [3.05, 3.63) is 89.2 Å². The largest absolute Gasteiger partial charge is 0.457 e. The van der Waals surface area contributed by atoms with Crippen molar-refractivity contribution in [2.24, 2.45) is 5.92 Å². The molecule has 1 heterocycles. The maximum absolute atomic E-state index is 13.2. The molecule has 1 aliphatic rings. The number of nitrogens with zero attached hydrogens (tertiary/aromatic N) is 1. The number of Topliss-reactive ketones (excluding diaryl/α,β-unsaturated/α-hetero) is 1. The van der Waals surface area contributed by atoms with Crippen LogP contribution in [0.4, 0.5) is 10.1 Å². The van der Waals surface area contributed by atoms with Gasteiger partial charge in [-0.3, -0.25) is 14.4 Å². The van der Waals surface area contributed by atoms with Crippen molar-refractivity contribution in [1.29, 1.82) is 0 Å². The molecule has 0 aromatic heterocycles. The summed E-state index contributed by atoms with van der Waals surface area (Å²) in [6.07, 6.45) is -1.03. The van der Waals surface area contributed by atoms with E-state index in [-0.39, 0.29) is 36.7 Å². The Morgan fingerprint density at radius 1 is 1.00 bits per heavy atom. The fraction of sp³-hybridized carbons (Fsp3) is 0.276. The molecule has 1 fully saturated rings. The predicted molar refractivity (Wildman–Crippen MR) is 139 cm³/mol. The molecular weight excluding hydrogens is 497 g/mol. The van der Waals surface area contributed by atoms with E-state index in [9.17, 15) is 18.8 Å². The number of amides is 1. The van der Waals surface area contributed by atoms with Crippen LogP contribution in [0.3, 0.4) is 0 Å². The first-order chi connectivity index (χ1) is 17.7. The molecule has 0 radical (unpaired) electrons. The first-order valence-corrected chi connectivity index (χ1v) is 12.5. The number of anilines is 1. The number of aryl methyl sites for hydroxylation is 2. The number of carbonyl (C=O) groups is 3. The third-order valence-electron chi connectivity index (χ3n) is 6.37. The lowest BCUT2D eigenvalue weighted by molar-refractivity contribution is -0.151. The van der Waals surface area contributed by atoms with E-state index in [1.807, 2.05) is 32.0 Å². The Balaban J connectivity index is 1.39. The minimum atomic E-state index is -1.11. The standard InChI is InChI=1S/C29H27ClFNO5/c1-18-3-10-25(15-19(18)2)36-24-11-8-23(9-12-24)32-17-21(16-27(32)33)29(35)37-26(13-14-30)28(34)20-4-6-22(31)7-5-20/h3-12,15,21,26H,13-14,16-17H2,1-2H3/t21-,26-/m0/s1. The smallest absolute Gasteiger partial charge is 0.312 e. The minimum Gasteiger partial charge on any atom is -0.457 e. The average Bonchev–Trinajstić information content (AvgIpc) is 3.28. The van der Waals surface area contributed by atoms with Crippen LogP contribution in [0.2, 0.25) is 0 Å². The Labute approximate surface area is 219 Å². The van der Waals surface area contributed by atoms with Gasteiger partial charge in [0.25, 0.3) is 0 Å². The topological polar surface area (TPSA) is 72.9 Å². The lowest BCUT2D eigenvalue weighted by atomic mass is 10.0. The Bertz CT molecular complexity index is 1290. The van der Waals surface area contributed by atoms with Crippen molar-refractivity contribution in [3.8, 4) is 11.5 Å². The van der Waals surface area contributed by atoms with Gasteiger partial charge >= 0.3 is 5.97 Å². The normalized spacial score (nSPS) is 15.9. The summed E-state index contributed by atoms with van der Waals surface area (Å²) in [7, 11) is 0. The van der Waals surface area contributed by atoms with Crippen LogP contribution < -0.4 is 9.64 Å². The molecule has 0 saturated carbocycles. The fourth-order valence-corrected chi connectivity index (χ4v) is 4.30. The van der Waals surface area contributed by atoms with Crippen LogP contribution in [0.15, 0.2) is 66.7 Å². The second-order valence-electron chi connectivity index (χ2n) is 9.02. The van der Waals surface area contributed by atoms with E-state index in [1.165, 1.54) is 34.7 Å². The summed E-state index contributed by atoms with van der Waals surface area (Å²) in [6, 6.07) is 17.9. The molecule has 1 saturated heterocycles. The van der Waals surface area contributed by atoms with E-state index in [1.54, 1.807) is 24.3 Å². The molecule has 6 nitrogen and oxygen atoms in total. The quantitative estimate of drug-likeness (QED) is 0.195. The molecule has 8 heteroatoms. The first-order valence-electron chi connectivity index (χ1n) is 12.0. The van der Waals surface area contributed by atoms with Crippen LogP contribution in [0, 0.1) is 25.6 Å². The van der Waals surface area contributed by atoms with Gasteiger partial charge in [0.15, 0.2) is 6.10 Å². The lowest BCUT2D eigenvalue weighted by Gasteiger charge is -2.19. The number of ether oxygens (including phenoxy) is 2. The highest BCUT2D eigenvalue weighted by Gasteiger charge is 2.38. The maximum Gasteiger partial charge on any atom is 0.312 e. The summed E-state index contributed by atoms with van der Waals surface area (Å²) in [5.74, 6) is -1.09. The maximum atomic E-state index is 13.2. The third kappa shape index (κ3) is 6.35. The summed E-state index contributed by atoms with van der Waals surface area (Å²) in [4.78, 5) is 39.9. The number of benzene rings is 3. The van der Waals surface area contributed by atoms with Crippen molar-refractivity contribution < 1.29 is 28.2 Å². The SMILES string of the molecule is Cc1ccc(Oc2ccc(N3C[C@@H](C(=O)O[C@@H](CCCl)C(=O)c4ccc(F)cc4)CC3=O)cc2)cc1C. The zero-order chi connectivity index (χ0) is 26.5. The van der Waals surface area contributed by atoms with Gasteiger partial charge in [0.05, 0.1) is 5.92 Å². The Hall–Kier alpha value is -3.71. The van der Waals surface area contributed by atoms with Crippen molar-refractivity contribution in [2.75, 3.05) is 17.3 Å². The number of hydrogen-bond acceptors (Lipinski definition) is 5. The molecule has 0 spiro atoms. The van der Waals surface area contributed by atoms with Crippen molar-refractivity contribution in [2.45, 2.75) is 32.8 Å². The van der Waals surface area contributed by atoms with Crippen molar-refractivity contribution in [3.63, 3.8) is 0 Å². The molecule has 3 aromatic rings. The van der Waals surface area contributed by atoms with Gasteiger partial charge in [-0.25, -0.2) is 4.39 Å². The Kier molecular flexibility index (Phi) is 8.24. The molecule has 0 unspecified atom stereocenters. The van der Waals surface area contributed by atoms with Gasteiger partial charge in [-0.1, -0.05) is 6.07 Å². The molecule has 1 aliphatic heterocycles. The highest BCUT2D eigenvalue weighted by molar-refractivity contribution is 6.18. The Morgan fingerprint density at radius 2 is 1.68 bits per heavy atom. The average molecular weight is 524 g/mol. The highest BCUT2D eigenvalue weighted by Crippen LogP contribution is 2.30. The summed E-state index contributed by atoms with van der Waals surface area (Å²) >= 11 is 5.82. The van der Waals surface area contributed by atoms with Gasteiger partial charge in [0, 0.05) is 36.5 Å². The van der Waals surface area contributed by atoms with E-state index < -0.39 is 29.6 Å². The zero-order valence-corrected chi connectivity index (χ0v) is 21.3.